The Bertz CT molecular complexity index is 428. The van der Waals surface area contributed by atoms with Crippen LogP contribution in [-0.2, 0) is 5.41 Å². The number of halogens is 1. The largest absolute Gasteiger partial charge is 0.268 e. The van der Waals surface area contributed by atoms with Gasteiger partial charge in [0, 0.05) is 22.3 Å². The minimum absolute atomic E-state index is 0.135. The van der Waals surface area contributed by atoms with E-state index < -0.39 is 0 Å². The highest BCUT2D eigenvalue weighted by atomic mass is 79.9. The smallest absolute Gasteiger partial charge is 0.0471 e. The van der Waals surface area contributed by atoms with Crippen LogP contribution in [0.25, 0.3) is 0 Å². The molecule has 15 heavy (non-hydrogen) atoms. The van der Waals surface area contributed by atoms with Gasteiger partial charge in [-0.2, -0.15) is 0 Å². The second-order valence-electron chi connectivity index (χ2n) is 3.74. The van der Waals surface area contributed by atoms with Crippen LogP contribution < -0.4 is 0 Å². The first-order valence-corrected chi connectivity index (χ1v) is 5.65. The van der Waals surface area contributed by atoms with Crippen molar-refractivity contribution in [3.05, 3.63) is 58.7 Å². The second-order valence-corrected chi connectivity index (χ2v) is 4.60. The van der Waals surface area contributed by atoms with Gasteiger partial charge in [0.2, 0.25) is 0 Å². The monoisotopic (exact) mass is 261 g/mol. The fourth-order valence-corrected chi connectivity index (χ4v) is 2.37. The minimum Gasteiger partial charge on any atom is -0.268 e. The molecular weight excluding hydrogens is 250 g/mol. The van der Waals surface area contributed by atoms with Crippen LogP contribution in [0, 0.1) is 0 Å². The van der Waals surface area contributed by atoms with Gasteiger partial charge >= 0.3 is 0 Å². The maximum atomic E-state index is 4.25. The molecule has 1 aromatic rings. The molecular formula is C13H12BrN. The van der Waals surface area contributed by atoms with Crippen molar-refractivity contribution >= 4 is 22.1 Å². The summed E-state index contributed by atoms with van der Waals surface area (Å²) in [6.45, 7) is 2.15. The number of aliphatic imine (C=N–C) groups is 1. The van der Waals surface area contributed by atoms with Crippen LogP contribution >= 0.6 is 15.9 Å². The van der Waals surface area contributed by atoms with Crippen LogP contribution in [0.4, 0.5) is 0 Å². The third-order valence-electron chi connectivity index (χ3n) is 2.52. The van der Waals surface area contributed by atoms with Crippen molar-refractivity contribution in [1.29, 1.82) is 0 Å². The summed E-state index contributed by atoms with van der Waals surface area (Å²) in [4.78, 5) is 4.25. The zero-order valence-electron chi connectivity index (χ0n) is 8.52. The zero-order valence-corrected chi connectivity index (χ0v) is 10.1. The van der Waals surface area contributed by atoms with Gasteiger partial charge in [0.25, 0.3) is 0 Å². The first-order valence-electron chi connectivity index (χ1n) is 4.86. The number of allylic oxidation sites excluding steroid dienone is 3. The molecule has 2 heteroatoms. The minimum atomic E-state index is -0.135. The van der Waals surface area contributed by atoms with E-state index in [-0.39, 0.29) is 5.41 Å². The quantitative estimate of drug-likeness (QED) is 0.728. The summed E-state index contributed by atoms with van der Waals surface area (Å²) in [5.74, 6) is 0. The zero-order chi connectivity index (χ0) is 10.7. The van der Waals surface area contributed by atoms with Gasteiger partial charge in [0.15, 0.2) is 0 Å². The Morgan fingerprint density at radius 2 is 2.00 bits per heavy atom. The lowest BCUT2D eigenvalue weighted by Gasteiger charge is -2.22. The molecule has 0 saturated heterocycles. The van der Waals surface area contributed by atoms with Gasteiger partial charge in [-0.1, -0.05) is 46.3 Å². The maximum Gasteiger partial charge on any atom is 0.0471 e. The van der Waals surface area contributed by atoms with Crippen LogP contribution in [0.1, 0.15) is 12.5 Å². The van der Waals surface area contributed by atoms with E-state index in [0.29, 0.717) is 0 Å². The van der Waals surface area contributed by atoms with Crippen LogP contribution in [-0.4, -0.2) is 6.21 Å². The van der Waals surface area contributed by atoms with Gasteiger partial charge in [-0.3, -0.25) is 4.99 Å². The van der Waals surface area contributed by atoms with Gasteiger partial charge in [-0.05, 0) is 24.6 Å². The average Bonchev–Trinajstić information content (AvgIpc) is 2.44. The fourth-order valence-electron chi connectivity index (χ4n) is 1.65. The molecule has 1 heterocycles. The number of hydrogen-bond acceptors (Lipinski definition) is 1. The highest BCUT2D eigenvalue weighted by molar-refractivity contribution is 9.10. The Morgan fingerprint density at radius 1 is 1.20 bits per heavy atom. The van der Waals surface area contributed by atoms with Crippen molar-refractivity contribution in [2.45, 2.75) is 12.3 Å². The van der Waals surface area contributed by atoms with Crippen molar-refractivity contribution in [1.82, 2.24) is 0 Å². The van der Waals surface area contributed by atoms with E-state index in [4.69, 9.17) is 0 Å². The van der Waals surface area contributed by atoms with E-state index >= 15 is 0 Å². The Labute approximate surface area is 98.4 Å². The Morgan fingerprint density at radius 3 is 2.80 bits per heavy atom. The lowest BCUT2D eigenvalue weighted by Crippen LogP contribution is -2.20. The summed E-state index contributed by atoms with van der Waals surface area (Å²) < 4.78 is 1.12. The van der Waals surface area contributed by atoms with Crippen LogP contribution in [0.15, 0.2) is 58.2 Å². The predicted molar refractivity (Wildman–Crippen MR) is 68.3 cm³/mol. The number of rotatable bonds is 1. The number of benzene rings is 1. The molecule has 0 fully saturated rings. The molecule has 1 nitrogen and oxygen atoms in total. The molecule has 2 rings (SSSR count). The third-order valence-corrected chi connectivity index (χ3v) is 3.21. The fraction of sp³-hybridized carbons (Fsp3) is 0.154. The van der Waals surface area contributed by atoms with E-state index in [1.807, 2.05) is 30.5 Å². The van der Waals surface area contributed by atoms with E-state index in [1.165, 1.54) is 5.56 Å². The molecule has 0 aliphatic carbocycles. The highest BCUT2D eigenvalue weighted by Gasteiger charge is 2.23. The molecule has 1 aliphatic rings. The van der Waals surface area contributed by atoms with Gasteiger partial charge in [-0.25, -0.2) is 0 Å². The van der Waals surface area contributed by atoms with Crippen molar-refractivity contribution in [2.24, 2.45) is 4.99 Å². The lowest BCUT2D eigenvalue weighted by atomic mass is 9.83. The Kier molecular flexibility index (Phi) is 2.87. The van der Waals surface area contributed by atoms with Crippen LogP contribution in [0.3, 0.4) is 0 Å². The molecule has 0 N–H and O–H groups in total. The standard InChI is InChI=1S/C13H12BrN/c1-13(8-4-5-9-15-10-13)11-6-2-3-7-12(11)14/h2-10H,1H3. The second kappa shape index (κ2) is 4.15. The van der Waals surface area contributed by atoms with Crippen molar-refractivity contribution < 1.29 is 0 Å². The van der Waals surface area contributed by atoms with E-state index in [0.717, 1.165) is 4.47 Å². The molecule has 0 amide bonds. The summed E-state index contributed by atoms with van der Waals surface area (Å²) in [6, 6.07) is 8.24. The normalized spacial score (nSPS) is 24.1. The topological polar surface area (TPSA) is 12.4 Å². The molecule has 1 aromatic carbocycles. The first-order chi connectivity index (χ1) is 7.22. The summed E-state index contributed by atoms with van der Waals surface area (Å²) >= 11 is 3.58. The first kappa shape index (κ1) is 10.4. The molecule has 1 unspecified atom stereocenters. The summed E-state index contributed by atoms with van der Waals surface area (Å²) in [5, 5.41) is 0. The predicted octanol–water partition coefficient (Wildman–Crippen LogP) is 3.86. The molecule has 1 aliphatic heterocycles. The maximum absolute atomic E-state index is 4.25. The Hall–Kier alpha value is -1.15. The molecule has 0 radical (unpaired) electrons. The van der Waals surface area contributed by atoms with Crippen LogP contribution in [0.5, 0.6) is 0 Å². The average molecular weight is 262 g/mol. The van der Waals surface area contributed by atoms with Gasteiger partial charge in [0.1, 0.15) is 0 Å². The highest BCUT2D eigenvalue weighted by Crippen LogP contribution is 2.30. The molecule has 0 bridgehead atoms. The van der Waals surface area contributed by atoms with Gasteiger partial charge in [0.05, 0.1) is 0 Å². The third kappa shape index (κ3) is 2.10. The van der Waals surface area contributed by atoms with E-state index in [1.54, 1.807) is 6.20 Å². The SMILES string of the molecule is CC1(c2ccccc2Br)C=CC=CN=C1. The molecule has 76 valence electrons. The summed E-state index contributed by atoms with van der Waals surface area (Å²) in [7, 11) is 0. The van der Waals surface area contributed by atoms with Gasteiger partial charge in [-0.15, -0.1) is 0 Å². The van der Waals surface area contributed by atoms with E-state index in [9.17, 15) is 0 Å². The molecule has 0 aromatic heterocycles. The van der Waals surface area contributed by atoms with Crippen molar-refractivity contribution in [2.75, 3.05) is 0 Å². The lowest BCUT2D eigenvalue weighted by molar-refractivity contribution is 0.824. The van der Waals surface area contributed by atoms with Gasteiger partial charge < -0.3 is 0 Å². The molecule has 0 saturated carbocycles. The molecule has 0 spiro atoms. The molecule has 1 atom stereocenters. The van der Waals surface area contributed by atoms with Crippen molar-refractivity contribution in [3.8, 4) is 0 Å². The van der Waals surface area contributed by atoms with E-state index in [2.05, 4.69) is 46.1 Å². The number of nitrogens with zero attached hydrogens (tertiary/aromatic N) is 1. The number of hydrogen-bond donors (Lipinski definition) is 0. The Balaban J connectivity index is 2.50. The van der Waals surface area contributed by atoms with Crippen molar-refractivity contribution in [3.63, 3.8) is 0 Å². The summed E-state index contributed by atoms with van der Waals surface area (Å²) in [5.41, 5.74) is 1.09. The van der Waals surface area contributed by atoms with Crippen LogP contribution in [0.2, 0.25) is 0 Å². The summed E-state index contributed by atoms with van der Waals surface area (Å²) in [6.07, 6.45) is 9.90.